The molecule has 5 nitrogen and oxygen atoms in total. The van der Waals surface area contributed by atoms with Crippen molar-refractivity contribution in [1.29, 1.82) is 0 Å². The molecule has 11 rings (SSSR count). The standard InChI is InChI=1S/C61H58N4O/c1-37(2)40-29-30-62-57(32-40)65-53-28-22-41(60(5,6)7)33-51(53)47-26-24-43(35-55(47)65)66-56-34-42(23-27-52(56)61(8,9)10)63-36-64-58-39(4)15-13-18-49(58)50-31-38(3)21-25-46(50)44-16-11-12-17-45(44)48-19-14-20-54(63)59(48)64/h11-35,37H,36H2,1-10H3/i37D. The summed E-state index contributed by atoms with van der Waals surface area (Å²) < 4.78 is 20.8. The van der Waals surface area contributed by atoms with Gasteiger partial charge in [-0.25, -0.2) is 4.98 Å². The Bertz CT molecular complexity index is 3740. The molecule has 1 aliphatic heterocycles. The Morgan fingerprint density at radius 2 is 1.30 bits per heavy atom. The highest BCUT2D eigenvalue weighted by Crippen LogP contribution is 2.46. The van der Waals surface area contributed by atoms with E-state index in [9.17, 15) is 0 Å². The molecular weight excluding hydrogens is 805 g/mol. The maximum atomic E-state index is 8.87. The molecule has 0 unspecified atom stereocenters. The zero-order valence-corrected chi connectivity index (χ0v) is 39.8. The number of ether oxygens (including phenoxy) is 1. The maximum Gasteiger partial charge on any atom is 0.137 e. The monoisotopic (exact) mass is 863 g/mol. The van der Waals surface area contributed by atoms with Crippen molar-refractivity contribution >= 4 is 76.5 Å². The molecule has 0 spiro atoms. The van der Waals surface area contributed by atoms with Gasteiger partial charge < -0.3 is 14.2 Å². The fourth-order valence-corrected chi connectivity index (χ4v) is 10.4. The molecule has 0 saturated heterocycles. The van der Waals surface area contributed by atoms with E-state index in [2.05, 4.69) is 209 Å². The number of benzene rings is 7. The van der Waals surface area contributed by atoms with Gasteiger partial charge >= 0.3 is 0 Å². The second-order valence-electron chi connectivity index (χ2n) is 20.7. The quantitative estimate of drug-likeness (QED) is 0.173. The van der Waals surface area contributed by atoms with Gasteiger partial charge in [-0.15, -0.1) is 0 Å². The van der Waals surface area contributed by atoms with Crippen LogP contribution in [0.2, 0.25) is 0 Å². The molecule has 4 heterocycles. The summed E-state index contributed by atoms with van der Waals surface area (Å²) in [6.45, 7) is 22.5. The fraction of sp³-hybridized carbons (Fsp3) is 0.230. The molecule has 10 aromatic rings. The van der Waals surface area contributed by atoms with Gasteiger partial charge in [-0.3, -0.25) is 4.57 Å². The van der Waals surface area contributed by atoms with Gasteiger partial charge in [-0.05, 0) is 117 Å². The third-order valence-corrected chi connectivity index (χ3v) is 13.8. The summed E-state index contributed by atoms with van der Waals surface area (Å²) in [6, 6.07) is 53.4. The van der Waals surface area contributed by atoms with Crippen molar-refractivity contribution in [2.75, 3.05) is 4.90 Å². The minimum absolute atomic E-state index is 0.0192. The Morgan fingerprint density at radius 1 is 0.591 bits per heavy atom. The number of aryl methyl sites for hydroxylation is 2. The van der Waals surface area contributed by atoms with Gasteiger partial charge in [0, 0.05) is 52.5 Å². The molecule has 0 saturated carbocycles. The number of aromatic nitrogens is 3. The van der Waals surface area contributed by atoms with Crippen LogP contribution >= 0.6 is 0 Å². The Morgan fingerprint density at radius 3 is 2.06 bits per heavy atom. The summed E-state index contributed by atoms with van der Waals surface area (Å²) in [5.41, 5.74) is 12.3. The van der Waals surface area contributed by atoms with Crippen LogP contribution in [0.15, 0.2) is 152 Å². The first-order chi connectivity index (χ1) is 31.9. The summed E-state index contributed by atoms with van der Waals surface area (Å²) in [7, 11) is 0. The predicted molar refractivity (Wildman–Crippen MR) is 280 cm³/mol. The molecule has 0 bridgehead atoms. The molecule has 1 aliphatic rings. The smallest absolute Gasteiger partial charge is 0.137 e. The summed E-state index contributed by atoms with van der Waals surface area (Å²) in [4.78, 5) is 7.37. The first-order valence-corrected chi connectivity index (χ1v) is 23.3. The molecule has 5 heteroatoms. The van der Waals surface area contributed by atoms with Gasteiger partial charge in [0.05, 0.1) is 27.8 Å². The zero-order valence-electron chi connectivity index (χ0n) is 40.8. The minimum atomic E-state index is -0.778. The lowest BCUT2D eigenvalue weighted by Crippen LogP contribution is -2.17. The molecule has 3 aromatic heterocycles. The fourth-order valence-electron chi connectivity index (χ4n) is 10.4. The Hall–Kier alpha value is -7.11. The lowest BCUT2D eigenvalue weighted by atomic mass is 9.86. The van der Waals surface area contributed by atoms with Gasteiger partial charge in [0.25, 0.3) is 0 Å². The molecule has 0 N–H and O–H groups in total. The molecule has 0 fully saturated rings. The van der Waals surface area contributed by atoms with Crippen LogP contribution < -0.4 is 9.64 Å². The van der Waals surface area contributed by atoms with E-state index in [1.165, 1.54) is 60.0 Å². The number of rotatable bonds is 5. The number of nitrogens with zero attached hydrogens (tertiary/aromatic N) is 4. The number of para-hydroxylation sites is 2. The second-order valence-corrected chi connectivity index (χ2v) is 20.7. The van der Waals surface area contributed by atoms with Crippen LogP contribution in [0.1, 0.15) is 90.5 Å². The Labute approximate surface area is 389 Å². The number of anilines is 2. The van der Waals surface area contributed by atoms with Gasteiger partial charge in [0.1, 0.15) is 24.0 Å². The van der Waals surface area contributed by atoms with E-state index in [0.717, 1.165) is 61.6 Å². The van der Waals surface area contributed by atoms with E-state index in [1.807, 2.05) is 26.1 Å². The van der Waals surface area contributed by atoms with E-state index < -0.39 is 5.89 Å². The second kappa shape index (κ2) is 15.2. The van der Waals surface area contributed by atoms with Crippen molar-refractivity contribution in [3.05, 3.63) is 180 Å². The SMILES string of the molecule is [2H]C(C)(C)c1ccnc(-n2c3ccc(C(C)(C)C)cc3c3ccc(Oc4cc(N5Cn6c7c(C)cccc7c7cc(C)ccc7c7ccccc7c7cccc5c76)ccc4C(C)(C)C)cc32)c1. The molecule has 0 aliphatic carbocycles. The number of hydrogen-bond acceptors (Lipinski definition) is 3. The van der Waals surface area contributed by atoms with Crippen LogP contribution in [-0.2, 0) is 17.5 Å². The number of fused-ring (bicyclic) bond motifs is 10. The normalized spacial score (nSPS) is 13.4. The number of hydrogen-bond donors (Lipinski definition) is 0. The average molecular weight is 864 g/mol. The van der Waals surface area contributed by atoms with Gasteiger partial charge in [0.2, 0.25) is 0 Å². The summed E-state index contributed by atoms with van der Waals surface area (Å²) in [5, 5.41) is 9.70. The van der Waals surface area contributed by atoms with Crippen LogP contribution in [0.5, 0.6) is 11.5 Å². The van der Waals surface area contributed by atoms with E-state index >= 15 is 0 Å². The minimum Gasteiger partial charge on any atom is -0.457 e. The first-order valence-electron chi connectivity index (χ1n) is 23.8. The highest BCUT2D eigenvalue weighted by atomic mass is 16.5. The van der Waals surface area contributed by atoms with E-state index in [4.69, 9.17) is 11.1 Å². The van der Waals surface area contributed by atoms with E-state index in [0.29, 0.717) is 6.67 Å². The largest absolute Gasteiger partial charge is 0.457 e. The van der Waals surface area contributed by atoms with Crippen LogP contribution in [-0.4, -0.2) is 14.1 Å². The topological polar surface area (TPSA) is 35.2 Å². The lowest BCUT2D eigenvalue weighted by Gasteiger charge is -2.26. The van der Waals surface area contributed by atoms with Crippen molar-refractivity contribution in [3.63, 3.8) is 0 Å². The van der Waals surface area contributed by atoms with Crippen molar-refractivity contribution in [3.8, 4) is 17.3 Å². The molecule has 7 aromatic carbocycles. The molecular formula is C61H58N4O. The molecule has 0 radical (unpaired) electrons. The van der Waals surface area contributed by atoms with Gasteiger partial charge in [0.15, 0.2) is 0 Å². The molecule has 0 amide bonds. The zero-order chi connectivity index (χ0) is 46.7. The summed E-state index contributed by atoms with van der Waals surface area (Å²) in [6.07, 6.45) is 1.83. The van der Waals surface area contributed by atoms with Gasteiger partial charge in [-0.2, -0.15) is 0 Å². The Balaban J connectivity index is 1.11. The first kappa shape index (κ1) is 40.4. The summed E-state index contributed by atoms with van der Waals surface area (Å²) in [5.74, 6) is 1.57. The molecule has 328 valence electrons. The molecule has 0 atom stereocenters. The predicted octanol–water partition coefficient (Wildman–Crippen LogP) is 17.0. The van der Waals surface area contributed by atoms with Crippen molar-refractivity contribution in [1.82, 2.24) is 14.1 Å². The van der Waals surface area contributed by atoms with Crippen LogP contribution in [0.4, 0.5) is 11.4 Å². The van der Waals surface area contributed by atoms with E-state index in [-0.39, 0.29) is 10.8 Å². The third kappa shape index (κ3) is 6.78. The highest BCUT2D eigenvalue weighted by molar-refractivity contribution is 6.21. The van der Waals surface area contributed by atoms with Crippen molar-refractivity contribution < 1.29 is 6.11 Å². The van der Waals surface area contributed by atoms with Crippen molar-refractivity contribution in [2.24, 2.45) is 0 Å². The van der Waals surface area contributed by atoms with Crippen LogP contribution in [0.25, 0.3) is 71.0 Å². The molecule has 66 heavy (non-hydrogen) atoms. The third-order valence-electron chi connectivity index (χ3n) is 13.8. The maximum absolute atomic E-state index is 8.87. The van der Waals surface area contributed by atoms with E-state index in [1.54, 1.807) is 0 Å². The van der Waals surface area contributed by atoms with Gasteiger partial charge in [-0.1, -0.05) is 146 Å². The van der Waals surface area contributed by atoms with Crippen LogP contribution in [0, 0.1) is 13.8 Å². The van der Waals surface area contributed by atoms with Crippen LogP contribution in [0.3, 0.4) is 0 Å². The lowest BCUT2D eigenvalue weighted by molar-refractivity contribution is 0.456. The summed E-state index contributed by atoms with van der Waals surface area (Å²) >= 11 is 0. The average Bonchev–Trinajstić information content (AvgIpc) is 3.84. The Kier molecular flexibility index (Phi) is 9.33. The number of pyridine rings is 1. The highest BCUT2D eigenvalue weighted by Gasteiger charge is 2.28. The van der Waals surface area contributed by atoms with Crippen molar-refractivity contribution in [2.45, 2.75) is 92.6 Å².